The van der Waals surface area contributed by atoms with Crippen molar-refractivity contribution < 1.29 is 4.42 Å². The number of benzene rings is 2. The molecule has 0 atom stereocenters. The molecule has 3 heterocycles. The van der Waals surface area contributed by atoms with E-state index in [1.165, 1.54) is 5.56 Å². The highest BCUT2D eigenvalue weighted by atomic mass is 32.2. The second-order valence-electron chi connectivity index (χ2n) is 6.64. The average molecular weight is 398 g/mol. The monoisotopic (exact) mass is 398 g/mol. The van der Waals surface area contributed by atoms with Crippen molar-refractivity contribution in [3.63, 3.8) is 0 Å². The number of para-hydroxylation sites is 1. The summed E-state index contributed by atoms with van der Waals surface area (Å²) >= 11 is 1.63. The maximum Gasteiger partial charge on any atom is 0.200 e. The van der Waals surface area contributed by atoms with E-state index in [4.69, 9.17) is 9.40 Å². The molecule has 0 unspecified atom stereocenters. The molecule has 0 aliphatic rings. The summed E-state index contributed by atoms with van der Waals surface area (Å²) in [6.07, 6.45) is 1.66. The molecule has 5 aromatic rings. The molecule has 0 radical (unpaired) electrons. The maximum absolute atomic E-state index is 5.58. The topological polar surface area (TPSA) is 56.7 Å². The Balaban J connectivity index is 1.44. The van der Waals surface area contributed by atoms with Crippen LogP contribution in [0.15, 0.2) is 94.7 Å². The lowest BCUT2D eigenvalue weighted by atomic mass is 10.2. The van der Waals surface area contributed by atoms with E-state index in [9.17, 15) is 0 Å². The molecule has 2 aromatic carbocycles. The van der Waals surface area contributed by atoms with Gasteiger partial charge in [0, 0.05) is 11.1 Å². The van der Waals surface area contributed by atoms with Gasteiger partial charge in [-0.3, -0.25) is 9.55 Å². The first kappa shape index (κ1) is 17.7. The van der Waals surface area contributed by atoms with Gasteiger partial charge in [-0.15, -0.1) is 10.2 Å². The Hall–Kier alpha value is -3.38. The van der Waals surface area contributed by atoms with Gasteiger partial charge in [-0.2, -0.15) is 0 Å². The van der Waals surface area contributed by atoms with Gasteiger partial charge in [0.1, 0.15) is 0 Å². The van der Waals surface area contributed by atoms with Crippen LogP contribution >= 0.6 is 11.8 Å². The number of hydrogen-bond acceptors (Lipinski definition) is 5. The normalized spacial score (nSPS) is 11.2. The van der Waals surface area contributed by atoms with Crippen LogP contribution in [0.1, 0.15) is 11.3 Å². The molecule has 0 fully saturated rings. The number of hydrogen-bond donors (Lipinski definition) is 0. The summed E-state index contributed by atoms with van der Waals surface area (Å²) in [7, 11) is 0. The standard InChI is InChI=1S/C23H18N4OS/c1-2-7-17(8-3-1)15-27-22(21-11-6-14-28-21)25-26-23(27)29-16-19-13-12-18-9-4-5-10-20(18)24-19/h1-14H,15-16H2. The highest BCUT2D eigenvalue weighted by Gasteiger charge is 2.17. The van der Waals surface area contributed by atoms with Crippen LogP contribution in [0.5, 0.6) is 0 Å². The fraction of sp³-hybridized carbons (Fsp3) is 0.0870. The van der Waals surface area contributed by atoms with Crippen LogP contribution in [-0.4, -0.2) is 19.7 Å². The molecule has 142 valence electrons. The molecule has 0 saturated carbocycles. The molecule has 0 N–H and O–H groups in total. The molecular formula is C23H18N4OS. The smallest absolute Gasteiger partial charge is 0.200 e. The van der Waals surface area contributed by atoms with Crippen molar-refractivity contribution in [2.24, 2.45) is 0 Å². The number of rotatable bonds is 6. The van der Waals surface area contributed by atoms with Crippen LogP contribution in [0.25, 0.3) is 22.5 Å². The first-order valence-electron chi connectivity index (χ1n) is 9.35. The van der Waals surface area contributed by atoms with Gasteiger partial charge in [0.2, 0.25) is 5.82 Å². The van der Waals surface area contributed by atoms with E-state index < -0.39 is 0 Å². The van der Waals surface area contributed by atoms with E-state index in [0.29, 0.717) is 12.3 Å². The molecule has 6 heteroatoms. The Morgan fingerprint density at radius 1 is 0.828 bits per heavy atom. The molecule has 0 amide bonds. The van der Waals surface area contributed by atoms with E-state index in [1.807, 2.05) is 48.5 Å². The van der Waals surface area contributed by atoms with Gasteiger partial charge in [0.05, 0.1) is 24.0 Å². The van der Waals surface area contributed by atoms with E-state index >= 15 is 0 Å². The Morgan fingerprint density at radius 2 is 1.69 bits per heavy atom. The predicted octanol–water partition coefficient (Wildman–Crippen LogP) is 5.43. The summed E-state index contributed by atoms with van der Waals surface area (Å²) in [4.78, 5) is 4.76. The van der Waals surface area contributed by atoms with Crippen LogP contribution in [-0.2, 0) is 12.3 Å². The number of nitrogens with zero attached hydrogens (tertiary/aromatic N) is 4. The molecule has 0 aliphatic heterocycles. The third kappa shape index (κ3) is 3.79. The third-order valence-electron chi connectivity index (χ3n) is 4.65. The zero-order chi connectivity index (χ0) is 19.5. The summed E-state index contributed by atoms with van der Waals surface area (Å²) in [5.74, 6) is 2.16. The summed E-state index contributed by atoms with van der Waals surface area (Å²) < 4.78 is 7.67. The van der Waals surface area contributed by atoms with Crippen molar-refractivity contribution in [3.05, 3.63) is 96.4 Å². The van der Waals surface area contributed by atoms with Gasteiger partial charge in [-0.1, -0.05) is 66.4 Å². The zero-order valence-corrected chi connectivity index (χ0v) is 16.4. The molecule has 5 nitrogen and oxygen atoms in total. The minimum absolute atomic E-state index is 0.678. The molecule has 0 bridgehead atoms. The Bertz CT molecular complexity index is 1230. The summed E-state index contributed by atoms with van der Waals surface area (Å²) in [5, 5.41) is 10.8. The quantitative estimate of drug-likeness (QED) is 0.357. The van der Waals surface area contributed by atoms with Crippen molar-refractivity contribution in [2.45, 2.75) is 17.5 Å². The van der Waals surface area contributed by atoms with Crippen molar-refractivity contribution in [1.82, 2.24) is 19.7 Å². The third-order valence-corrected chi connectivity index (χ3v) is 5.65. The number of aromatic nitrogens is 4. The Labute approximate surface area is 172 Å². The lowest BCUT2D eigenvalue weighted by molar-refractivity contribution is 0.569. The van der Waals surface area contributed by atoms with E-state index in [0.717, 1.165) is 33.3 Å². The van der Waals surface area contributed by atoms with Gasteiger partial charge in [0.15, 0.2) is 10.9 Å². The maximum atomic E-state index is 5.58. The Kier molecular flexibility index (Phi) is 4.84. The minimum Gasteiger partial charge on any atom is -0.461 e. The van der Waals surface area contributed by atoms with Gasteiger partial charge >= 0.3 is 0 Å². The minimum atomic E-state index is 0.678. The van der Waals surface area contributed by atoms with Crippen LogP contribution in [0, 0.1) is 0 Å². The average Bonchev–Trinajstić information content (AvgIpc) is 3.43. The number of pyridine rings is 1. The molecule has 3 aromatic heterocycles. The second-order valence-corrected chi connectivity index (χ2v) is 7.58. The Morgan fingerprint density at radius 3 is 2.55 bits per heavy atom. The SMILES string of the molecule is c1ccc(Cn2c(SCc3ccc4ccccc4n3)nnc2-c2ccco2)cc1. The molecule has 5 rings (SSSR count). The first-order valence-corrected chi connectivity index (χ1v) is 10.3. The van der Waals surface area contributed by atoms with Gasteiger partial charge in [-0.05, 0) is 29.8 Å². The van der Waals surface area contributed by atoms with Gasteiger partial charge < -0.3 is 4.42 Å². The lowest BCUT2D eigenvalue weighted by Crippen LogP contribution is -2.04. The fourth-order valence-corrected chi connectivity index (χ4v) is 4.06. The van der Waals surface area contributed by atoms with Crippen molar-refractivity contribution in [2.75, 3.05) is 0 Å². The van der Waals surface area contributed by atoms with Crippen molar-refractivity contribution in [3.8, 4) is 11.6 Å². The second kappa shape index (κ2) is 7.93. The first-order chi connectivity index (χ1) is 14.4. The fourth-order valence-electron chi connectivity index (χ4n) is 3.22. The predicted molar refractivity (Wildman–Crippen MR) is 115 cm³/mol. The van der Waals surface area contributed by atoms with Gasteiger partial charge in [0.25, 0.3) is 0 Å². The number of fused-ring (bicyclic) bond motifs is 1. The zero-order valence-electron chi connectivity index (χ0n) is 15.6. The van der Waals surface area contributed by atoms with Crippen LogP contribution < -0.4 is 0 Å². The highest BCUT2D eigenvalue weighted by Crippen LogP contribution is 2.27. The molecular weight excluding hydrogens is 380 g/mol. The van der Waals surface area contributed by atoms with Crippen LogP contribution in [0.4, 0.5) is 0 Å². The number of furan rings is 1. The van der Waals surface area contributed by atoms with Crippen LogP contribution in [0.3, 0.4) is 0 Å². The van der Waals surface area contributed by atoms with Gasteiger partial charge in [-0.25, -0.2) is 0 Å². The highest BCUT2D eigenvalue weighted by molar-refractivity contribution is 7.98. The molecule has 0 aliphatic carbocycles. The molecule has 0 saturated heterocycles. The largest absolute Gasteiger partial charge is 0.461 e. The van der Waals surface area contributed by atoms with E-state index in [2.05, 4.69) is 45.1 Å². The van der Waals surface area contributed by atoms with Crippen LogP contribution in [0.2, 0.25) is 0 Å². The van der Waals surface area contributed by atoms with E-state index in [-0.39, 0.29) is 0 Å². The van der Waals surface area contributed by atoms with Crippen molar-refractivity contribution in [1.29, 1.82) is 0 Å². The lowest BCUT2D eigenvalue weighted by Gasteiger charge is -2.09. The number of thioether (sulfide) groups is 1. The van der Waals surface area contributed by atoms with Crippen molar-refractivity contribution >= 4 is 22.7 Å². The molecule has 29 heavy (non-hydrogen) atoms. The summed E-state index contributed by atoms with van der Waals surface area (Å²) in [5.41, 5.74) is 3.21. The molecule has 0 spiro atoms. The summed E-state index contributed by atoms with van der Waals surface area (Å²) in [6.45, 7) is 0.678. The van der Waals surface area contributed by atoms with E-state index in [1.54, 1.807) is 18.0 Å². The summed E-state index contributed by atoms with van der Waals surface area (Å²) in [6, 6.07) is 26.4.